The average Bonchev–Trinajstić information content (AvgIpc) is 2.69. The number of carbonyl (C=O) groups excluding carboxylic acids is 1. The van der Waals surface area contributed by atoms with E-state index in [0.29, 0.717) is 24.7 Å². The molecule has 0 saturated carbocycles. The van der Waals surface area contributed by atoms with E-state index in [1.807, 2.05) is 9.80 Å². The molecule has 6 nitrogen and oxygen atoms in total. The van der Waals surface area contributed by atoms with Crippen LogP contribution in [0.3, 0.4) is 0 Å². The maximum absolute atomic E-state index is 12.8. The summed E-state index contributed by atoms with van der Waals surface area (Å²) >= 11 is 0. The van der Waals surface area contributed by atoms with Crippen molar-refractivity contribution in [2.45, 2.75) is 20.8 Å². The van der Waals surface area contributed by atoms with Gasteiger partial charge in [-0.05, 0) is 44.5 Å². The van der Waals surface area contributed by atoms with Gasteiger partial charge in [-0.2, -0.15) is 0 Å². The summed E-state index contributed by atoms with van der Waals surface area (Å²) in [5, 5.41) is 0. The number of rotatable bonds is 5. The van der Waals surface area contributed by atoms with E-state index in [1.165, 1.54) is 11.3 Å². The van der Waals surface area contributed by atoms with Crippen molar-refractivity contribution < 1.29 is 4.79 Å². The van der Waals surface area contributed by atoms with Gasteiger partial charge in [0.2, 0.25) is 5.95 Å². The summed E-state index contributed by atoms with van der Waals surface area (Å²) in [7, 11) is 0. The normalized spacial score (nSPS) is 14.4. The molecule has 0 bridgehead atoms. The van der Waals surface area contributed by atoms with E-state index < -0.39 is 0 Å². The second-order valence-corrected chi connectivity index (χ2v) is 6.53. The summed E-state index contributed by atoms with van der Waals surface area (Å²) in [6.07, 6.45) is 1.68. The first-order valence-corrected chi connectivity index (χ1v) is 9.31. The minimum Gasteiger partial charge on any atom is -0.368 e. The standard InChI is InChI=1S/C20H27N5O/c1-4-23(5-2)20-21-10-9-18(22-20)19(26)25-13-11-24(12-14-25)17-8-6-7-16(3)15-17/h6-10,15H,4-5,11-14H2,1-3H3. The Bertz CT molecular complexity index is 751. The number of hydrogen-bond acceptors (Lipinski definition) is 5. The molecule has 0 atom stereocenters. The quantitative estimate of drug-likeness (QED) is 0.827. The Morgan fingerprint density at radius 1 is 1.12 bits per heavy atom. The van der Waals surface area contributed by atoms with Gasteiger partial charge in [-0.15, -0.1) is 0 Å². The molecule has 2 heterocycles. The highest BCUT2D eigenvalue weighted by atomic mass is 16.2. The van der Waals surface area contributed by atoms with Gasteiger partial charge < -0.3 is 14.7 Å². The van der Waals surface area contributed by atoms with Crippen LogP contribution in [0.1, 0.15) is 29.9 Å². The SMILES string of the molecule is CCN(CC)c1nccc(C(=O)N2CCN(c3cccc(C)c3)CC2)n1. The van der Waals surface area contributed by atoms with Crippen molar-refractivity contribution in [2.24, 2.45) is 0 Å². The molecule has 1 aliphatic heterocycles. The Hall–Kier alpha value is -2.63. The fraction of sp³-hybridized carbons (Fsp3) is 0.450. The molecule has 0 aliphatic carbocycles. The third-order valence-corrected chi connectivity index (χ3v) is 4.84. The van der Waals surface area contributed by atoms with Crippen molar-refractivity contribution in [2.75, 3.05) is 49.1 Å². The van der Waals surface area contributed by atoms with Crippen LogP contribution >= 0.6 is 0 Å². The Labute approximate surface area is 155 Å². The predicted octanol–water partition coefficient (Wildman–Crippen LogP) is 2.59. The molecule has 0 N–H and O–H groups in total. The number of amides is 1. The molecule has 1 aliphatic rings. The zero-order valence-electron chi connectivity index (χ0n) is 15.9. The van der Waals surface area contributed by atoms with Gasteiger partial charge in [0.25, 0.3) is 5.91 Å². The van der Waals surface area contributed by atoms with E-state index in [4.69, 9.17) is 0 Å². The second-order valence-electron chi connectivity index (χ2n) is 6.53. The molecule has 1 saturated heterocycles. The highest BCUT2D eigenvalue weighted by Gasteiger charge is 2.23. The van der Waals surface area contributed by atoms with Crippen LogP contribution in [0.5, 0.6) is 0 Å². The molecule has 6 heteroatoms. The van der Waals surface area contributed by atoms with Crippen molar-refractivity contribution in [1.82, 2.24) is 14.9 Å². The molecule has 1 fully saturated rings. The van der Waals surface area contributed by atoms with Crippen LogP contribution in [0.4, 0.5) is 11.6 Å². The number of aryl methyl sites for hydroxylation is 1. The lowest BCUT2D eigenvalue weighted by atomic mass is 10.2. The molecule has 2 aromatic rings. The van der Waals surface area contributed by atoms with Gasteiger partial charge in [0.1, 0.15) is 5.69 Å². The van der Waals surface area contributed by atoms with Crippen LogP contribution in [0.25, 0.3) is 0 Å². The molecule has 3 rings (SSSR count). The van der Waals surface area contributed by atoms with Gasteiger partial charge in [0, 0.05) is 51.2 Å². The zero-order valence-corrected chi connectivity index (χ0v) is 15.9. The summed E-state index contributed by atoms with van der Waals surface area (Å²) in [6.45, 7) is 11.0. The highest BCUT2D eigenvalue weighted by Crippen LogP contribution is 2.18. The second kappa shape index (κ2) is 8.17. The Morgan fingerprint density at radius 2 is 1.85 bits per heavy atom. The Kier molecular flexibility index (Phi) is 5.71. The number of benzene rings is 1. The topological polar surface area (TPSA) is 52.6 Å². The van der Waals surface area contributed by atoms with Gasteiger partial charge in [-0.25, -0.2) is 9.97 Å². The minimum atomic E-state index is -0.00954. The molecule has 0 radical (unpaired) electrons. The lowest BCUT2D eigenvalue weighted by Gasteiger charge is -2.36. The lowest BCUT2D eigenvalue weighted by molar-refractivity contribution is 0.0740. The fourth-order valence-corrected chi connectivity index (χ4v) is 3.28. The molecular formula is C20H27N5O. The first kappa shape index (κ1) is 18.2. The molecule has 26 heavy (non-hydrogen) atoms. The number of aromatic nitrogens is 2. The van der Waals surface area contributed by atoms with Crippen LogP contribution in [-0.2, 0) is 0 Å². The number of anilines is 2. The molecule has 138 valence electrons. The van der Waals surface area contributed by atoms with Gasteiger partial charge in [0.15, 0.2) is 0 Å². The summed E-state index contributed by atoms with van der Waals surface area (Å²) in [4.78, 5) is 27.9. The fourth-order valence-electron chi connectivity index (χ4n) is 3.28. The van der Waals surface area contributed by atoms with Crippen molar-refractivity contribution in [3.8, 4) is 0 Å². The molecule has 1 aromatic carbocycles. The first-order valence-electron chi connectivity index (χ1n) is 9.31. The van der Waals surface area contributed by atoms with E-state index in [2.05, 4.69) is 59.9 Å². The van der Waals surface area contributed by atoms with Gasteiger partial charge in [-0.1, -0.05) is 12.1 Å². The maximum atomic E-state index is 12.8. The maximum Gasteiger partial charge on any atom is 0.272 e. The number of hydrogen-bond donors (Lipinski definition) is 0. The molecule has 1 aromatic heterocycles. The Morgan fingerprint density at radius 3 is 2.50 bits per heavy atom. The van der Waals surface area contributed by atoms with Gasteiger partial charge in [0.05, 0.1) is 0 Å². The van der Waals surface area contributed by atoms with E-state index in [-0.39, 0.29) is 5.91 Å². The summed E-state index contributed by atoms with van der Waals surface area (Å²) < 4.78 is 0. The number of piperazine rings is 1. The monoisotopic (exact) mass is 353 g/mol. The van der Waals surface area contributed by atoms with E-state index >= 15 is 0 Å². The first-order chi connectivity index (χ1) is 12.6. The van der Waals surface area contributed by atoms with Crippen LogP contribution in [0, 0.1) is 6.92 Å². The van der Waals surface area contributed by atoms with Crippen molar-refractivity contribution in [3.05, 3.63) is 47.8 Å². The minimum absolute atomic E-state index is 0.00954. The summed E-state index contributed by atoms with van der Waals surface area (Å²) in [5.41, 5.74) is 2.96. The number of carbonyl (C=O) groups is 1. The molecule has 0 spiro atoms. The van der Waals surface area contributed by atoms with E-state index in [0.717, 1.165) is 26.2 Å². The van der Waals surface area contributed by atoms with Crippen LogP contribution in [0.2, 0.25) is 0 Å². The smallest absolute Gasteiger partial charge is 0.272 e. The number of nitrogens with zero attached hydrogens (tertiary/aromatic N) is 5. The average molecular weight is 353 g/mol. The summed E-state index contributed by atoms with van der Waals surface area (Å²) in [6, 6.07) is 10.2. The molecule has 1 amide bonds. The van der Waals surface area contributed by atoms with Crippen LogP contribution in [0.15, 0.2) is 36.5 Å². The van der Waals surface area contributed by atoms with E-state index in [1.54, 1.807) is 12.3 Å². The summed E-state index contributed by atoms with van der Waals surface area (Å²) in [5.74, 6) is 0.615. The third kappa shape index (κ3) is 3.95. The molecule has 0 unspecified atom stereocenters. The Balaban J connectivity index is 1.66. The van der Waals surface area contributed by atoms with Crippen molar-refractivity contribution in [1.29, 1.82) is 0 Å². The lowest BCUT2D eigenvalue weighted by Crippen LogP contribution is -2.49. The van der Waals surface area contributed by atoms with Crippen LogP contribution < -0.4 is 9.80 Å². The zero-order chi connectivity index (χ0) is 18.5. The molecular weight excluding hydrogens is 326 g/mol. The van der Waals surface area contributed by atoms with Gasteiger partial charge >= 0.3 is 0 Å². The largest absolute Gasteiger partial charge is 0.368 e. The van der Waals surface area contributed by atoms with Crippen molar-refractivity contribution in [3.63, 3.8) is 0 Å². The van der Waals surface area contributed by atoms with E-state index in [9.17, 15) is 4.79 Å². The predicted molar refractivity (Wildman–Crippen MR) is 105 cm³/mol. The third-order valence-electron chi connectivity index (χ3n) is 4.84. The highest BCUT2D eigenvalue weighted by molar-refractivity contribution is 5.92. The van der Waals surface area contributed by atoms with Crippen molar-refractivity contribution >= 4 is 17.5 Å². The van der Waals surface area contributed by atoms with Crippen LogP contribution in [-0.4, -0.2) is 60.0 Å². The van der Waals surface area contributed by atoms with Gasteiger partial charge in [-0.3, -0.25) is 4.79 Å².